The van der Waals surface area contributed by atoms with E-state index < -0.39 is 0 Å². The Kier molecular flexibility index (Phi) is 2.45. The third-order valence-electron chi connectivity index (χ3n) is 2.13. The molecule has 0 saturated heterocycles. The van der Waals surface area contributed by atoms with Gasteiger partial charge in [0.1, 0.15) is 5.75 Å². The minimum Gasteiger partial charge on any atom is -0.496 e. The first-order chi connectivity index (χ1) is 6.77. The van der Waals surface area contributed by atoms with Crippen molar-refractivity contribution < 1.29 is 9.53 Å². The molecule has 0 aliphatic heterocycles. The van der Waals surface area contributed by atoms with Gasteiger partial charge in [-0.15, -0.1) is 0 Å². The molecule has 14 heavy (non-hydrogen) atoms. The maximum atomic E-state index is 10.8. The van der Waals surface area contributed by atoms with Crippen LogP contribution in [0.5, 0.6) is 5.75 Å². The van der Waals surface area contributed by atoms with Gasteiger partial charge in [-0.3, -0.25) is 4.79 Å². The number of ether oxygens (including phenoxy) is 1. The van der Waals surface area contributed by atoms with Crippen molar-refractivity contribution in [3.63, 3.8) is 0 Å². The molecule has 0 bridgehead atoms. The van der Waals surface area contributed by atoms with Crippen LogP contribution in [0.3, 0.4) is 0 Å². The lowest BCUT2D eigenvalue weighted by Crippen LogP contribution is -1.88. The van der Waals surface area contributed by atoms with Gasteiger partial charge in [0, 0.05) is 22.7 Å². The maximum Gasteiger partial charge on any atom is 0.152 e. The second kappa shape index (κ2) is 3.61. The average Bonchev–Trinajstić information content (AvgIpc) is 2.62. The molecule has 0 radical (unpaired) electrons. The zero-order valence-electron chi connectivity index (χ0n) is 7.50. The van der Waals surface area contributed by atoms with Crippen molar-refractivity contribution in [1.29, 1.82) is 0 Å². The molecule has 0 unspecified atom stereocenters. The summed E-state index contributed by atoms with van der Waals surface area (Å²) in [5.41, 5.74) is 1.63. The Bertz CT molecular complexity index is 490. The fraction of sp³-hybridized carbons (Fsp3) is 0.100. The Morgan fingerprint density at radius 2 is 2.29 bits per heavy atom. The van der Waals surface area contributed by atoms with Crippen LogP contribution in [-0.4, -0.2) is 18.4 Å². The van der Waals surface area contributed by atoms with Gasteiger partial charge < -0.3 is 9.72 Å². The fourth-order valence-electron chi connectivity index (χ4n) is 1.44. The summed E-state index contributed by atoms with van der Waals surface area (Å²) >= 11 is 2.18. The minimum absolute atomic E-state index is 0.670. The summed E-state index contributed by atoms with van der Waals surface area (Å²) in [4.78, 5) is 13.8. The molecule has 1 aromatic heterocycles. The van der Waals surface area contributed by atoms with Crippen molar-refractivity contribution in [1.82, 2.24) is 4.98 Å². The van der Waals surface area contributed by atoms with Crippen LogP contribution in [-0.2, 0) is 0 Å². The molecule has 0 fully saturated rings. The van der Waals surface area contributed by atoms with Crippen LogP contribution >= 0.6 is 22.6 Å². The zero-order valence-corrected chi connectivity index (χ0v) is 9.66. The van der Waals surface area contributed by atoms with Crippen molar-refractivity contribution in [2.45, 2.75) is 0 Å². The van der Waals surface area contributed by atoms with E-state index in [1.807, 2.05) is 12.1 Å². The van der Waals surface area contributed by atoms with Gasteiger partial charge in [-0.25, -0.2) is 0 Å². The second-order valence-corrected chi connectivity index (χ2v) is 3.94. The molecule has 1 N–H and O–H groups in total. The normalized spacial score (nSPS) is 10.4. The number of aldehydes is 1. The Balaban J connectivity index is 2.83. The molecule has 0 saturated carbocycles. The molecule has 0 atom stereocenters. The van der Waals surface area contributed by atoms with Crippen molar-refractivity contribution in [3.05, 3.63) is 27.5 Å². The van der Waals surface area contributed by atoms with Gasteiger partial charge in [0.15, 0.2) is 6.29 Å². The summed E-state index contributed by atoms with van der Waals surface area (Å²) in [7, 11) is 1.62. The number of nitrogens with one attached hydrogen (secondary N) is 1. The molecule has 0 aliphatic carbocycles. The Morgan fingerprint density at radius 1 is 1.50 bits per heavy atom. The number of hydrogen-bond donors (Lipinski definition) is 1. The third kappa shape index (κ3) is 1.30. The topological polar surface area (TPSA) is 42.1 Å². The first kappa shape index (κ1) is 9.51. The largest absolute Gasteiger partial charge is 0.496 e. The molecule has 1 aromatic carbocycles. The van der Waals surface area contributed by atoms with Crippen molar-refractivity contribution in [2.24, 2.45) is 0 Å². The molecular formula is C10H8INO2. The number of rotatable bonds is 2. The average molecular weight is 301 g/mol. The molecule has 0 amide bonds. The predicted molar refractivity (Wildman–Crippen MR) is 63.0 cm³/mol. The number of aromatic amines is 1. The maximum absolute atomic E-state index is 10.8. The highest BCUT2D eigenvalue weighted by Gasteiger charge is 2.10. The number of methoxy groups -OCH3 is 1. The standard InChI is InChI=1S/C10H8INO2/c1-14-8-3-2-7-9(10(8)11)6(5-13)4-12-7/h2-5,12H,1H3. The van der Waals surface area contributed by atoms with Crippen molar-refractivity contribution >= 4 is 39.8 Å². The van der Waals surface area contributed by atoms with Crippen LogP contribution in [0.4, 0.5) is 0 Å². The summed E-state index contributed by atoms with van der Waals surface area (Å²) in [6, 6.07) is 3.79. The number of carbonyl (C=O) groups is 1. The Labute approximate surface area is 94.6 Å². The molecule has 2 rings (SSSR count). The highest BCUT2D eigenvalue weighted by molar-refractivity contribution is 14.1. The van der Waals surface area contributed by atoms with E-state index in [9.17, 15) is 4.79 Å². The van der Waals surface area contributed by atoms with Crippen LogP contribution in [0.15, 0.2) is 18.3 Å². The molecule has 0 spiro atoms. The number of H-pyrrole nitrogens is 1. The summed E-state index contributed by atoms with van der Waals surface area (Å²) < 4.78 is 6.15. The van der Waals surface area contributed by atoms with Crippen LogP contribution in [0.2, 0.25) is 0 Å². The van der Waals surface area contributed by atoms with Gasteiger partial charge in [0.2, 0.25) is 0 Å². The van der Waals surface area contributed by atoms with Gasteiger partial charge in [-0.05, 0) is 34.7 Å². The SMILES string of the molecule is COc1ccc2[nH]cc(C=O)c2c1I. The predicted octanol–water partition coefficient (Wildman–Crippen LogP) is 2.59. The van der Waals surface area contributed by atoms with E-state index in [1.54, 1.807) is 13.3 Å². The number of halogens is 1. The van der Waals surface area contributed by atoms with E-state index in [0.29, 0.717) is 5.56 Å². The van der Waals surface area contributed by atoms with Crippen LogP contribution in [0.25, 0.3) is 10.9 Å². The van der Waals surface area contributed by atoms with E-state index >= 15 is 0 Å². The first-order valence-electron chi connectivity index (χ1n) is 4.06. The molecule has 4 heteroatoms. The van der Waals surface area contributed by atoms with Crippen molar-refractivity contribution in [2.75, 3.05) is 7.11 Å². The molecule has 0 aliphatic rings. The summed E-state index contributed by atoms with van der Waals surface area (Å²) in [5.74, 6) is 0.792. The number of benzene rings is 1. The second-order valence-electron chi connectivity index (χ2n) is 2.87. The molecule has 1 heterocycles. The summed E-state index contributed by atoms with van der Waals surface area (Å²) in [5, 5.41) is 0.931. The highest BCUT2D eigenvalue weighted by atomic mass is 127. The quantitative estimate of drug-likeness (QED) is 0.684. The smallest absolute Gasteiger partial charge is 0.152 e. The lowest BCUT2D eigenvalue weighted by molar-refractivity contribution is 0.112. The van der Waals surface area contributed by atoms with Crippen molar-refractivity contribution in [3.8, 4) is 5.75 Å². The molecule has 3 nitrogen and oxygen atoms in total. The zero-order chi connectivity index (χ0) is 10.1. The number of hydrogen-bond acceptors (Lipinski definition) is 2. The fourth-order valence-corrected chi connectivity index (χ4v) is 2.44. The molecular weight excluding hydrogens is 293 g/mol. The van der Waals surface area contributed by atoms with Crippen LogP contribution < -0.4 is 4.74 Å². The van der Waals surface area contributed by atoms with Gasteiger partial charge in [-0.2, -0.15) is 0 Å². The summed E-state index contributed by atoms with van der Waals surface area (Å²) in [6.45, 7) is 0. The molecule has 2 aromatic rings. The van der Waals surface area contributed by atoms with E-state index in [-0.39, 0.29) is 0 Å². The van der Waals surface area contributed by atoms with Crippen LogP contribution in [0.1, 0.15) is 10.4 Å². The highest BCUT2D eigenvalue weighted by Crippen LogP contribution is 2.30. The van der Waals surface area contributed by atoms with E-state index in [0.717, 1.165) is 26.5 Å². The van der Waals surface area contributed by atoms with Crippen LogP contribution in [0, 0.1) is 3.57 Å². The Hall–Kier alpha value is -1.04. The van der Waals surface area contributed by atoms with E-state index in [1.165, 1.54) is 0 Å². The van der Waals surface area contributed by atoms with E-state index in [2.05, 4.69) is 27.6 Å². The Morgan fingerprint density at radius 3 is 2.93 bits per heavy atom. The van der Waals surface area contributed by atoms with Gasteiger partial charge in [0.25, 0.3) is 0 Å². The lowest BCUT2D eigenvalue weighted by Gasteiger charge is -2.03. The van der Waals surface area contributed by atoms with Gasteiger partial charge in [0.05, 0.1) is 10.7 Å². The molecule has 72 valence electrons. The van der Waals surface area contributed by atoms with Gasteiger partial charge in [-0.1, -0.05) is 0 Å². The number of fused-ring (bicyclic) bond motifs is 1. The lowest BCUT2D eigenvalue weighted by atomic mass is 10.2. The first-order valence-corrected chi connectivity index (χ1v) is 5.14. The third-order valence-corrected chi connectivity index (χ3v) is 3.20. The number of aromatic nitrogens is 1. The van der Waals surface area contributed by atoms with Gasteiger partial charge >= 0.3 is 0 Å². The van der Waals surface area contributed by atoms with E-state index in [4.69, 9.17) is 4.74 Å². The summed E-state index contributed by atoms with van der Waals surface area (Å²) in [6.07, 6.45) is 2.56. The number of carbonyl (C=O) groups excluding carboxylic acids is 1. The monoisotopic (exact) mass is 301 g/mol. The minimum atomic E-state index is 0.670.